The van der Waals surface area contributed by atoms with Crippen LogP contribution in [0.5, 0.6) is 0 Å². The van der Waals surface area contributed by atoms with E-state index in [2.05, 4.69) is 46.1 Å². The monoisotopic (exact) mass is 370 g/mol. The third-order valence-corrected chi connectivity index (χ3v) is 7.58. The van der Waals surface area contributed by atoms with Crippen molar-refractivity contribution in [2.75, 3.05) is 58.5 Å². The molecule has 3 aliphatic rings. The Morgan fingerprint density at radius 3 is 2.68 bits per heavy atom. The summed E-state index contributed by atoms with van der Waals surface area (Å²) in [4.78, 5) is 7.10. The molecule has 0 aromatic heterocycles. The summed E-state index contributed by atoms with van der Waals surface area (Å²) in [6, 6.07) is 0.404. The van der Waals surface area contributed by atoms with Crippen LogP contribution in [0.25, 0.3) is 0 Å². The Kier molecular flexibility index (Phi) is 6.19. The summed E-state index contributed by atoms with van der Waals surface area (Å²) in [5.74, 6) is 3.35. The van der Waals surface area contributed by atoms with Crippen molar-refractivity contribution in [3.63, 3.8) is 0 Å². The minimum atomic E-state index is 0.136. The summed E-state index contributed by atoms with van der Waals surface area (Å²) in [6.07, 6.45) is 2.60. The minimum Gasteiger partial charge on any atom is -0.381 e. The second-order valence-electron chi connectivity index (χ2n) is 8.03. The Balaban J connectivity index is 1.56. The number of aliphatic imine (C=N–C) groups is 1. The van der Waals surface area contributed by atoms with E-state index in [-0.39, 0.29) is 11.0 Å². The molecule has 6 nitrogen and oxygen atoms in total. The average Bonchev–Trinajstić information content (AvgIpc) is 3.11. The first-order chi connectivity index (χ1) is 12.0. The van der Waals surface area contributed by atoms with Crippen molar-refractivity contribution in [2.24, 2.45) is 10.4 Å². The van der Waals surface area contributed by atoms with Gasteiger partial charge in [0, 0.05) is 56.5 Å². The van der Waals surface area contributed by atoms with E-state index in [0.29, 0.717) is 12.1 Å². The molecule has 0 amide bonds. The molecule has 3 unspecified atom stereocenters. The van der Waals surface area contributed by atoms with Gasteiger partial charge in [0.2, 0.25) is 0 Å². The highest BCUT2D eigenvalue weighted by Crippen LogP contribution is 2.42. The summed E-state index contributed by atoms with van der Waals surface area (Å²) in [6.45, 7) is 9.26. The third-order valence-electron chi connectivity index (χ3n) is 6.35. The molecule has 0 radical (unpaired) electrons. The summed E-state index contributed by atoms with van der Waals surface area (Å²) in [7, 11) is 3.67. The lowest BCUT2D eigenvalue weighted by molar-refractivity contribution is -0.0923. The van der Waals surface area contributed by atoms with Crippen molar-refractivity contribution in [1.82, 2.24) is 15.5 Å². The van der Waals surface area contributed by atoms with Crippen molar-refractivity contribution in [2.45, 2.75) is 44.4 Å². The largest absolute Gasteiger partial charge is 0.381 e. The molecule has 1 aliphatic carbocycles. The molecule has 2 N–H and O–H groups in total. The Morgan fingerprint density at radius 1 is 1.36 bits per heavy atom. The number of nitrogens with zero attached hydrogens (tertiary/aromatic N) is 2. The van der Waals surface area contributed by atoms with Gasteiger partial charge in [-0.1, -0.05) is 13.8 Å². The molecule has 3 atom stereocenters. The van der Waals surface area contributed by atoms with Gasteiger partial charge in [0.1, 0.15) is 0 Å². The van der Waals surface area contributed by atoms with Crippen LogP contribution in [0.4, 0.5) is 0 Å². The Bertz CT molecular complexity index is 474. The molecular formula is C18H34N4O2S. The number of guanidine groups is 1. The number of morpholine rings is 1. The van der Waals surface area contributed by atoms with Crippen molar-refractivity contribution in [1.29, 1.82) is 0 Å². The standard InChI is InChI=1S/C18H34N4O2S/c1-17(2)14(11-15(17)23-4)21-16(19-3)20-12-18(5-10-25-13-18)22-6-8-24-9-7-22/h14-15H,5-13H2,1-4H3,(H2,19,20,21). The Labute approximate surface area is 156 Å². The highest BCUT2D eigenvalue weighted by molar-refractivity contribution is 7.99. The Hall–Kier alpha value is -0.500. The van der Waals surface area contributed by atoms with E-state index in [1.54, 1.807) is 7.11 Å². The number of ether oxygens (including phenoxy) is 2. The van der Waals surface area contributed by atoms with Crippen molar-refractivity contribution >= 4 is 17.7 Å². The first kappa shape index (κ1) is 19.3. The van der Waals surface area contributed by atoms with Gasteiger partial charge in [-0.25, -0.2) is 0 Å². The second-order valence-corrected chi connectivity index (χ2v) is 9.14. The van der Waals surface area contributed by atoms with Crippen LogP contribution in [0.2, 0.25) is 0 Å². The van der Waals surface area contributed by atoms with Crippen molar-refractivity contribution in [3.8, 4) is 0 Å². The lowest BCUT2D eigenvalue weighted by Gasteiger charge is -2.51. The van der Waals surface area contributed by atoms with E-state index < -0.39 is 0 Å². The van der Waals surface area contributed by atoms with E-state index in [0.717, 1.165) is 45.2 Å². The van der Waals surface area contributed by atoms with Gasteiger partial charge in [-0.15, -0.1) is 0 Å². The molecule has 0 bridgehead atoms. The first-order valence-corrected chi connectivity index (χ1v) is 10.6. The second kappa shape index (κ2) is 8.03. The fourth-order valence-corrected chi connectivity index (χ4v) is 5.75. The number of thioether (sulfide) groups is 1. The van der Waals surface area contributed by atoms with E-state index in [1.807, 2.05) is 7.05 Å². The van der Waals surface area contributed by atoms with Gasteiger partial charge in [-0.2, -0.15) is 11.8 Å². The van der Waals surface area contributed by atoms with E-state index in [9.17, 15) is 0 Å². The summed E-state index contributed by atoms with van der Waals surface area (Å²) < 4.78 is 11.1. The molecule has 7 heteroatoms. The average molecular weight is 371 g/mol. The third kappa shape index (κ3) is 3.94. The van der Waals surface area contributed by atoms with Gasteiger partial charge in [0.15, 0.2) is 5.96 Å². The minimum absolute atomic E-state index is 0.136. The maximum atomic E-state index is 5.56. The lowest BCUT2D eigenvalue weighted by Crippen LogP contribution is -2.65. The Morgan fingerprint density at radius 2 is 2.12 bits per heavy atom. The molecule has 3 rings (SSSR count). The van der Waals surface area contributed by atoms with E-state index in [4.69, 9.17) is 9.47 Å². The molecule has 2 heterocycles. The fraction of sp³-hybridized carbons (Fsp3) is 0.944. The number of hydrogen-bond donors (Lipinski definition) is 2. The topological polar surface area (TPSA) is 58.1 Å². The number of nitrogens with one attached hydrogen (secondary N) is 2. The maximum Gasteiger partial charge on any atom is 0.191 e. The highest BCUT2D eigenvalue weighted by Gasteiger charge is 2.49. The van der Waals surface area contributed by atoms with Crippen molar-refractivity contribution < 1.29 is 9.47 Å². The van der Waals surface area contributed by atoms with Crippen LogP contribution in [0.3, 0.4) is 0 Å². The van der Waals surface area contributed by atoms with Gasteiger partial charge in [0.25, 0.3) is 0 Å². The van der Waals surface area contributed by atoms with Gasteiger partial charge in [0.05, 0.1) is 19.3 Å². The van der Waals surface area contributed by atoms with Crippen LogP contribution < -0.4 is 10.6 Å². The molecule has 25 heavy (non-hydrogen) atoms. The molecule has 3 fully saturated rings. The van der Waals surface area contributed by atoms with Crippen molar-refractivity contribution in [3.05, 3.63) is 0 Å². The quantitative estimate of drug-likeness (QED) is 0.560. The zero-order chi connectivity index (χ0) is 17.9. The molecule has 0 spiro atoms. The molecule has 1 saturated carbocycles. The van der Waals surface area contributed by atoms with Gasteiger partial charge < -0.3 is 20.1 Å². The predicted octanol–water partition coefficient (Wildman–Crippen LogP) is 1.17. The van der Waals surface area contributed by atoms with Gasteiger partial charge >= 0.3 is 0 Å². The fourth-order valence-electron chi connectivity index (χ4n) is 4.27. The molecular weight excluding hydrogens is 336 g/mol. The molecule has 0 aromatic carbocycles. The SMILES string of the molecule is CN=C(NCC1(N2CCOCC2)CCSC1)NC1CC(OC)C1(C)C. The predicted molar refractivity (Wildman–Crippen MR) is 105 cm³/mol. The van der Waals surface area contributed by atoms with Crippen LogP contribution in [-0.4, -0.2) is 87.1 Å². The normalized spacial score (nSPS) is 36.1. The summed E-state index contributed by atoms with van der Waals surface area (Å²) >= 11 is 2.07. The number of rotatable bonds is 5. The maximum absolute atomic E-state index is 5.56. The summed E-state index contributed by atoms with van der Waals surface area (Å²) in [5, 5.41) is 7.23. The molecule has 0 aromatic rings. The lowest BCUT2D eigenvalue weighted by atomic mass is 9.64. The first-order valence-electron chi connectivity index (χ1n) is 9.42. The van der Waals surface area contributed by atoms with Gasteiger partial charge in [-0.3, -0.25) is 9.89 Å². The zero-order valence-electron chi connectivity index (χ0n) is 16.1. The van der Waals surface area contributed by atoms with Crippen LogP contribution in [0.15, 0.2) is 4.99 Å². The highest BCUT2D eigenvalue weighted by atomic mass is 32.2. The van der Waals surface area contributed by atoms with E-state index in [1.165, 1.54) is 17.9 Å². The van der Waals surface area contributed by atoms with E-state index >= 15 is 0 Å². The number of hydrogen-bond acceptors (Lipinski definition) is 5. The van der Waals surface area contributed by atoms with Crippen LogP contribution in [0, 0.1) is 5.41 Å². The van der Waals surface area contributed by atoms with Crippen LogP contribution in [-0.2, 0) is 9.47 Å². The molecule has 2 aliphatic heterocycles. The molecule has 2 saturated heterocycles. The zero-order valence-corrected chi connectivity index (χ0v) is 17.0. The van der Waals surface area contributed by atoms with Crippen LogP contribution >= 0.6 is 11.8 Å². The van der Waals surface area contributed by atoms with Gasteiger partial charge in [-0.05, 0) is 18.6 Å². The number of methoxy groups -OCH3 is 1. The van der Waals surface area contributed by atoms with Crippen LogP contribution in [0.1, 0.15) is 26.7 Å². The summed E-state index contributed by atoms with van der Waals surface area (Å²) in [5.41, 5.74) is 0.369. The smallest absolute Gasteiger partial charge is 0.191 e. The molecule has 144 valence electrons.